The summed E-state index contributed by atoms with van der Waals surface area (Å²) in [5, 5.41) is 4.49. The molecular weight excluding hydrogens is 971 g/mol. The van der Waals surface area contributed by atoms with Gasteiger partial charge in [0.15, 0.2) is 0 Å². The Balaban J connectivity index is 1.09. The van der Waals surface area contributed by atoms with E-state index in [-0.39, 0.29) is 0 Å². The maximum Gasteiger partial charge on any atom is 0.135 e. The summed E-state index contributed by atoms with van der Waals surface area (Å²) in [6.45, 7) is 12.4. The molecule has 11 aromatic carbocycles. The van der Waals surface area contributed by atoms with Gasteiger partial charge in [-0.2, -0.15) is 0 Å². The molecule has 0 bridgehead atoms. The zero-order valence-electron chi connectivity index (χ0n) is 45.0. The summed E-state index contributed by atoms with van der Waals surface area (Å²) in [6.07, 6.45) is 14.0. The topological polar surface area (TPSA) is 22.9 Å². The van der Waals surface area contributed by atoms with Gasteiger partial charge in [0.25, 0.3) is 0 Å². The molecule has 0 unspecified atom stereocenters. The Kier molecular flexibility index (Phi) is 14.3. The number of furan rings is 1. The minimum Gasteiger partial charge on any atom is -0.456 e. The SMILES string of the molecule is C=C/C=C\C=C(/C)N(c1cc(N(c2ccc(-c3ccccc3)cc2)c2ccc(-c3ccc4oc5ccc(-c6ccccc6)cc5c4c3)cc2)cc(N(c2ccccc2)c2cccc3ccccc23)c1)c1cccc(C)c1/C=C\C=C. The van der Waals surface area contributed by atoms with Crippen molar-refractivity contribution in [3.63, 3.8) is 0 Å². The summed E-state index contributed by atoms with van der Waals surface area (Å²) in [5.41, 5.74) is 19.9. The molecule has 4 heteroatoms. The van der Waals surface area contributed by atoms with Crippen LogP contribution >= 0.6 is 0 Å². The standard InChI is InChI=1S/C76H59N3O/c1-5-7-12-24-55(4)77(73-35-21-23-54(3)69(73)33-8-6-2)66-51-67(53-68(52-66)79(63-31-17-11-18-32-63)74-36-22-30-60-29-19-20-34-70(60)74)78(64-43-37-58(38-44-64)56-25-13-9-14-26-56)65-45-39-59(40-46-65)62-42-48-76-72(50-62)71-49-61(41-47-75(71)80-76)57-27-15-10-16-28-57/h5-53H,1-2H2,3-4H3/b12-7-,33-8-,55-24+. The van der Waals surface area contributed by atoms with Crippen LogP contribution in [0.15, 0.2) is 315 Å². The Morgan fingerprint density at radius 2 is 0.850 bits per heavy atom. The lowest BCUT2D eigenvalue weighted by Gasteiger charge is -2.34. The number of benzene rings is 11. The van der Waals surface area contributed by atoms with Crippen molar-refractivity contribution in [3.8, 4) is 33.4 Å². The maximum absolute atomic E-state index is 6.41. The molecule has 0 radical (unpaired) electrons. The smallest absolute Gasteiger partial charge is 0.135 e. The number of fused-ring (bicyclic) bond motifs is 4. The Bertz CT molecular complexity index is 4280. The third kappa shape index (κ3) is 10.2. The van der Waals surface area contributed by atoms with Crippen molar-refractivity contribution < 1.29 is 4.42 Å². The molecule has 1 aromatic heterocycles. The van der Waals surface area contributed by atoms with Gasteiger partial charge in [-0.15, -0.1) is 0 Å². The maximum atomic E-state index is 6.41. The van der Waals surface area contributed by atoms with E-state index in [1.807, 2.05) is 24.3 Å². The van der Waals surface area contributed by atoms with E-state index in [0.29, 0.717) is 0 Å². The molecular formula is C76H59N3O. The van der Waals surface area contributed by atoms with Crippen molar-refractivity contribution in [1.29, 1.82) is 0 Å². The molecule has 0 atom stereocenters. The molecule has 12 rings (SSSR count). The van der Waals surface area contributed by atoms with E-state index in [0.717, 1.165) is 123 Å². The molecule has 0 aliphatic carbocycles. The van der Waals surface area contributed by atoms with Crippen LogP contribution in [0.1, 0.15) is 18.1 Å². The van der Waals surface area contributed by atoms with Crippen LogP contribution in [-0.4, -0.2) is 0 Å². The van der Waals surface area contributed by atoms with Crippen molar-refractivity contribution in [2.24, 2.45) is 0 Å². The van der Waals surface area contributed by atoms with Crippen LogP contribution < -0.4 is 14.7 Å². The number of anilines is 8. The van der Waals surface area contributed by atoms with Crippen LogP contribution in [-0.2, 0) is 0 Å². The second kappa shape index (κ2) is 22.7. The van der Waals surface area contributed by atoms with E-state index >= 15 is 0 Å². The first-order chi connectivity index (χ1) is 39.4. The number of aryl methyl sites for hydroxylation is 1. The molecule has 0 N–H and O–H groups in total. The van der Waals surface area contributed by atoms with Gasteiger partial charge in [0.05, 0.1) is 22.7 Å². The highest BCUT2D eigenvalue weighted by Crippen LogP contribution is 2.48. The van der Waals surface area contributed by atoms with E-state index in [1.54, 1.807) is 0 Å². The molecule has 0 saturated carbocycles. The van der Waals surface area contributed by atoms with Crippen LogP contribution in [0, 0.1) is 6.92 Å². The predicted molar refractivity (Wildman–Crippen MR) is 343 cm³/mol. The quantitative estimate of drug-likeness (QED) is 0.0900. The summed E-state index contributed by atoms with van der Waals surface area (Å²) >= 11 is 0. The molecule has 0 aliphatic rings. The van der Waals surface area contributed by atoms with Crippen molar-refractivity contribution in [2.45, 2.75) is 13.8 Å². The van der Waals surface area contributed by atoms with Crippen LogP contribution in [0.3, 0.4) is 0 Å². The third-order valence-electron chi connectivity index (χ3n) is 14.8. The number of nitrogens with zero attached hydrogens (tertiary/aromatic N) is 3. The number of hydrogen-bond acceptors (Lipinski definition) is 4. The normalized spacial score (nSPS) is 11.7. The Morgan fingerprint density at radius 3 is 1.48 bits per heavy atom. The summed E-state index contributed by atoms with van der Waals surface area (Å²) in [6, 6.07) is 91.5. The lowest BCUT2D eigenvalue weighted by molar-refractivity contribution is 0.669. The first kappa shape index (κ1) is 50.4. The van der Waals surface area contributed by atoms with Crippen LogP contribution in [0.2, 0.25) is 0 Å². The number of para-hydroxylation sites is 1. The average Bonchev–Trinajstić information content (AvgIpc) is 3.90. The molecule has 80 heavy (non-hydrogen) atoms. The van der Waals surface area contributed by atoms with Gasteiger partial charge in [0.2, 0.25) is 0 Å². The van der Waals surface area contributed by atoms with Crippen LogP contribution in [0.5, 0.6) is 0 Å². The lowest BCUT2D eigenvalue weighted by Crippen LogP contribution is -2.19. The van der Waals surface area contributed by atoms with Gasteiger partial charge < -0.3 is 19.1 Å². The van der Waals surface area contributed by atoms with E-state index in [1.165, 1.54) is 5.56 Å². The fourth-order valence-corrected chi connectivity index (χ4v) is 10.9. The minimum atomic E-state index is 0.866. The van der Waals surface area contributed by atoms with Gasteiger partial charge in [-0.25, -0.2) is 0 Å². The summed E-state index contributed by atoms with van der Waals surface area (Å²) in [7, 11) is 0. The number of hydrogen-bond donors (Lipinski definition) is 0. The summed E-state index contributed by atoms with van der Waals surface area (Å²) in [5.74, 6) is 0. The van der Waals surface area contributed by atoms with E-state index in [9.17, 15) is 0 Å². The van der Waals surface area contributed by atoms with Crippen molar-refractivity contribution >= 4 is 84.3 Å². The van der Waals surface area contributed by atoms with E-state index < -0.39 is 0 Å². The Morgan fingerprint density at radius 1 is 0.375 bits per heavy atom. The molecule has 0 amide bonds. The van der Waals surface area contributed by atoms with Crippen LogP contribution in [0.25, 0.3) is 72.2 Å². The highest BCUT2D eigenvalue weighted by molar-refractivity contribution is 6.08. The predicted octanol–water partition coefficient (Wildman–Crippen LogP) is 22.0. The fourth-order valence-electron chi connectivity index (χ4n) is 10.9. The van der Waals surface area contributed by atoms with Gasteiger partial charge in [0.1, 0.15) is 11.2 Å². The Hall–Kier alpha value is -10.4. The second-order valence-corrected chi connectivity index (χ2v) is 19.9. The molecule has 384 valence electrons. The molecule has 0 fully saturated rings. The summed E-state index contributed by atoms with van der Waals surface area (Å²) in [4.78, 5) is 7.16. The monoisotopic (exact) mass is 1030 g/mol. The van der Waals surface area contributed by atoms with Crippen molar-refractivity contribution in [3.05, 3.63) is 321 Å². The highest BCUT2D eigenvalue weighted by Gasteiger charge is 2.24. The molecule has 0 spiro atoms. The van der Waals surface area contributed by atoms with E-state index in [2.05, 4.69) is 315 Å². The van der Waals surface area contributed by atoms with Gasteiger partial charge in [0, 0.05) is 50.2 Å². The number of allylic oxidation sites excluding steroid dienone is 7. The van der Waals surface area contributed by atoms with Crippen molar-refractivity contribution in [2.75, 3.05) is 14.7 Å². The van der Waals surface area contributed by atoms with E-state index in [4.69, 9.17) is 4.42 Å². The van der Waals surface area contributed by atoms with Gasteiger partial charge in [-0.05, 0) is 155 Å². The number of rotatable bonds is 16. The molecule has 0 saturated heterocycles. The van der Waals surface area contributed by atoms with Crippen molar-refractivity contribution in [1.82, 2.24) is 0 Å². The van der Waals surface area contributed by atoms with Gasteiger partial charge in [-0.1, -0.05) is 213 Å². The van der Waals surface area contributed by atoms with Crippen LogP contribution in [0.4, 0.5) is 45.5 Å². The van der Waals surface area contributed by atoms with Gasteiger partial charge in [-0.3, -0.25) is 0 Å². The molecule has 12 aromatic rings. The molecule has 1 heterocycles. The fraction of sp³-hybridized carbons (Fsp3) is 0.0263. The zero-order chi connectivity index (χ0) is 54.4. The zero-order valence-corrected chi connectivity index (χ0v) is 45.0. The first-order valence-electron chi connectivity index (χ1n) is 27.1. The minimum absolute atomic E-state index is 0.866. The Labute approximate surface area is 469 Å². The third-order valence-corrected chi connectivity index (χ3v) is 14.8. The van der Waals surface area contributed by atoms with Gasteiger partial charge >= 0.3 is 0 Å². The molecule has 4 nitrogen and oxygen atoms in total. The largest absolute Gasteiger partial charge is 0.456 e. The average molecular weight is 1030 g/mol. The lowest BCUT2D eigenvalue weighted by atomic mass is 10.00. The molecule has 0 aliphatic heterocycles. The first-order valence-corrected chi connectivity index (χ1v) is 27.1. The highest BCUT2D eigenvalue weighted by atomic mass is 16.3. The second-order valence-electron chi connectivity index (χ2n) is 19.9. The summed E-state index contributed by atoms with van der Waals surface area (Å²) < 4.78 is 6.41.